The van der Waals surface area contributed by atoms with Gasteiger partial charge in [0.15, 0.2) is 0 Å². The van der Waals surface area contributed by atoms with E-state index in [4.69, 9.17) is 9.47 Å². The highest BCUT2D eigenvalue weighted by molar-refractivity contribution is 5.94. The predicted octanol–water partition coefficient (Wildman–Crippen LogP) is 2.40. The molecule has 1 rings (SSSR count). The minimum Gasteiger partial charge on any atom is -0.382 e. The number of anilines is 1. The van der Waals surface area contributed by atoms with Crippen molar-refractivity contribution in [1.82, 2.24) is 0 Å². The van der Waals surface area contributed by atoms with Gasteiger partial charge in [-0.05, 0) is 32.9 Å². The lowest BCUT2D eigenvalue weighted by Gasteiger charge is -2.27. The lowest BCUT2D eigenvalue weighted by molar-refractivity contribution is -0.123. The van der Waals surface area contributed by atoms with Crippen LogP contribution in [0.15, 0.2) is 24.3 Å². The zero-order valence-electron chi connectivity index (χ0n) is 12.2. The fourth-order valence-corrected chi connectivity index (χ4v) is 1.81. The van der Waals surface area contributed by atoms with Crippen molar-refractivity contribution in [3.63, 3.8) is 0 Å². The molecule has 0 N–H and O–H groups in total. The molecule has 0 aliphatic heterocycles. The quantitative estimate of drug-likeness (QED) is 0.711. The summed E-state index contributed by atoms with van der Waals surface area (Å²) in [6.07, 6.45) is 0. The molecule has 0 aliphatic carbocycles. The molecule has 0 radical (unpaired) electrons. The van der Waals surface area contributed by atoms with Crippen molar-refractivity contribution in [3.05, 3.63) is 29.8 Å². The summed E-state index contributed by atoms with van der Waals surface area (Å²) < 4.78 is 10.2. The molecule has 0 unspecified atom stereocenters. The number of carbonyl (C=O) groups excluding carboxylic acids is 1. The molecule has 0 bridgehead atoms. The predicted molar refractivity (Wildman–Crippen MR) is 76.5 cm³/mol. The number of aryl methyl sites for hydroxylation is 1. The highest BCUT2D eigenvalue weighted by Crippen LogP contribution is 2.18. The zero-order chi connectivity index (χ0) is 14.3. The summed E-state index contributed by atoms with van der Waals surface area (Å²) in [7, 11) is 1.61. The minimum atomic E-state index is -0.0324. The van der Waals surface area contributed by atoms with E-state index in [2.05, 4.69) is 0 Å². The summed E-state index contributed by atoms with van der Waals surface area (Å²) in [5, 5.41) is 0. The second-order valence-electron chi connectivity index (χ2n) is 4.74. The first-order chi connectivity index (χ1) is 9.06. The van der Waals surface area contributed by atoms with Gasteiger partial charge in [0.25, 0.3) is 5.91 Å². The number of rotatable bonds is 7. The van der Waals surface area contributed by atoms with E-state index in [1.165, 1.54) is 5.56 Å². The van der Waals surface area contributed by atoms with Crippen molar-refractivity contribution in [2.24, 2.45) is 0 Å². The van der Waals surface area contributed by atoms with Crippen LogP contribution in [0.25, 0.3) is 0 Å². The molecule has 106 valence electrons. The molecule has 0 spiro atoms. The molecule has 0 atom stereocenters. The molecule has 0 saturated heterocycles. The fraction of sp³-hybridized carbons (Fsp3) is 0.533. The molecule has 0 saturated carbocycles. The summed E-state index contributed by atoms with van der Waals surface area (Å²) in [4.78, 5) is 13.9. The van der Waals surface area contributed by atoms with Crippen molar-refractivity contribution in [2.45, 2.75) is 26.8 Å². The van der Waals surface area contributed by atoms with Crippen LogP contribution in [-0.4, -0.2) is 38.9 Å². The summed E-state index contributed by atoms with van der Waals surface area (Å²) in [6, 6.07) is 8.03. The molecule has 4 heteroatoms. The first kappa shape index (κ1) is 15.7. The van der Waals surface area contributed by atoms with Gasteiger partial charge in [-0.25, -0.2) is 0 Å². The van der Waals surface area contributed by atoms with Crippen LogP contribution in [0.1, 0.15) is 19.4 Å². The maximum atomic E-state index is 12.2. The van der Waals surface area contributed by atoms with Crippen LogP contribution in [0.2, 0.25) is 0 Å². The molecular formula is C15H23NO3. The molecule has 4 nitrogen and oxygen atoms in total. The summed E-state index contributed by atoms with van der Waals surface area (Å²) in [5.41, 5.74) is 2.08. The molecule has 1 amide bonds. The SMILES string of the molecule is COCCOCC(=O)N(c1ccc(C)cc1)C(C)C. The molecule has 0 aromatic heterocycles. The van der Waals surface area contributed by atoms with E-state index >= 15 is 0 Å². The second-order valence-corrected chi connectivity index (χ2v) is 4.74. The third kappa shape index (κ3) is 5.01. The Morgan fingerprint density at radius 3 is 2.37 bits per heavy atom. The normalized spacial score (nSPS) is 10.8. The third-order valence-corrected chi connectivity index (χ3v) is 2.75. The number of hydrogen-bond donors (Lipinski definition) is 0. The number of ether oxygens (including phenoxy) is 2. The second kappa shape index (κ2) is 7.92. The Morgan fingerprint density at radius 2 is 1.84 bits per heavy atom. The van der Waals surface area contributed by atoms with Crippen LogP contribution in [0, 0.1) is 6.92 Å². The van der Waals surface area contributed by atoms with Gasteiger partial charge < -0.3 is 14.4 Å². The molecule has 19 heavy (non-hydrogen) atoms. The van der Waals surface area contributed by atoms with E-state index in [-0.39, 0.29) is 18.6 Å². The standard InChI is InChI=1S/C15H23NO3/c1-12(2)16(14-7-5-13(3)6-8-14)15(17)11-19-10-9-18-4/h5-8,12H,9-11H2,1-4H3. The number of nitrogens with zero attached hydrogens (tertiary/aromatic N) is 1. The van der Waals surface area contributed by atoms with Crippen molar-refractivity contribution < 1.29 is 14.3 Å². The Balaban J connectivity index is 2.66. The van der Waals surface area contributed by atoms with Gasteiger partial charge in [-0.15, -0.1) is 0 Å². The van der Waals surface area contributed by atoms with E-state index in [0.29, 0.717) is 13.2 Å². The zero-order valence-corrected chi connectivity index (χ0v) is 12.2. The highest BCUT2D eigenvalue weighted by Gasteiger charge is 2.18. The smallest absolute Gasteiger partial charge is 0.253 e. The van der Waals surface area contributed by atoms with Crippen LogP contribution in [0.5, 0.6) is 0 Å². The van der Waals surface area contributed by atoms with E-state index in [0.717, 1.165) is 5.69 Å². The molecular weight excluding hydrogens is 242 g/mol. The minimum absolute atomic E-state index is 0.0324. The summed E-state index contributed by atoms with van der Waals surface area (Å²) >= 11 is 0. The van der Waals surface area contributed by atoms with E-state index in [9.17, 15) is 4.79 Å². The van der Waals surface area contributed by atoms with Crippen molar-refractivity contribution in [1.29, 1.82) is 0 Å². The van der Waals surface area contributed by atoms with Gasteiger partial charge in [0.1, 0.15) is 6.61 Å². The Kier molecular flexibility index (Phi) is 6.53. The van der Waals surface area contributed by atoms with Crippen molar-refractivity contribution >= 4 is 11.6 Å². The van der Waals surface area contributed by atoms with Gasteiger partial charge in [0.2, 0.25) is 0 Å². The lowest BCUT2D eigenvalue weighted by Crippen LogP contribution is -2.39. The van der Waals surface area contributed by atoms with E-state index in [1.54, 1.807) is 12.0 Å². The van der Waals surface area contributed by atoms with Crippen LogP contribution >= 0.6 is 0 Å². The largest absolute Gasteiger partial charge is 0.382 e. The maximum absolute atomic E-state index is 12.2. The van der Waals surface area contributed by atoms with Gasteiger partial charge in [-0.2, -0.15) is 0 Å². The topological polar surface area (TPSA) is 38.8 Å². The molecule has 0 aliphatic rings. The Morgan fingerprint density at radius 1 is 1.21 bits per heavy atom. The number of hydrogen-bond acceptors (Lipinski definition) is 3. The van der Waals surface area contributed by atoms with Crippen LogP contribution < -0.4 is 4.90 Å². The lowest BCUT2D eigenvalue weighted by atomic mass is 10.2. The summed E-state index contributed by atoms with van der Waals surface area (Å²) in [5.74, 6) is -0.0324. The van der Waals surface area contributed by atoms with Gasteiger partial charge >= 0.3 is 0 Å². The van der Waals surface area contributed by atoms with E-state index < -0.39 is 0 Å². The Hall–Kier alpha value is -1.39. The Labute approximate surface area is 115 Å². The first-order valence-electron chi connectivity index (χ1n) is 6.51. The summed E-state index contributed by atoms with van der Waals surface area (Å²) in [6.45, 7) is 7.02. The fourth-order valence-electron chi connectivity index (χ4n) is 1.81. The molecule has 0 fully saturated rings. The van der Waals surface area contributed by atoms with Gasteiger partial charge in [0.05, 0.1) is 13.2 Å². The number of benzene rings is 1. The Bertz CT molecular complexity index is 387. The van der Waals surface area contributed by atoms with Gasteiger partial charge in [-0.3, -0.25) is 4.79 Å². The van der Waals surface area contributed by atoms with Gasteiger partial charge in [0, 0.05) is 18.8 Å². The van der Waals surface area contributed by atoms with Gasteiger partial charge in [-0.1, -0.05) is 17.7 Å². The highest BCUT2D eigenvalue weighted by atomic mass is 16.5. The monoisotopic (exact) mass is 265 g/mol. The average molecular weight is 265 g/mol. The van der Waals surface area contributed by atoms with Crippen molar-refractivity contribution in [3.8, 4) is 0 Å². The third-order valence-electron chi connectivity index (χ3n) is 2.75. The molecule has 0 heterocycles. The number of carbonyl (C=O) groups is 1. The van der Waals surface area contributed by atoms with Crippen LogP contribution in [-0.2, 0) is 14.3 Å². The van der Waals surface area contributed by atoms with E-state index in [1.807, 2.05) is 45.0 Å². The molecule has 1 aromatic carbocycles. The molecule has 1 aromatic rings. The van der Waals surface area contributed by atoms with Crippen LogP contribution in [0.4, 0.5) is 5.69 Å². The average Bonchev–Trinajstić information content (AvgIpc) is 2.37. The van der Waals surface area contributed by atoms with Crippen molar-refractivity contribution in [2.75, 3.05) is 31.8 Å². The first-order valence-corrected chi connectivity index (χ1v) is 6.51. The van der Waals surface area contributed by atoms with Crippen LogP contribution in [0.3, 0.4) is 0 Å². The maximum Gasteiger partial charge on any atom is 0.253 e. The number of amides is 1. The number of methoxy groups -OCH3 is 1.